The fraction of sp³-hybridized carbons (Fsp3) is 0.533. The van der Waals surface area contributed by atoms with E-state index in [-0.39, 0.29) is 4.75 Å². The Balaban J connectivity index is 1.96. The predicted octanol–water partition coefficient (Wildman–Crippen LogP) is 2.42. The Morgan fingerprint density at radius 2 is 2.11 bits per heavy atom. The Morgan fingerprint density at radius 1 is 1.42 bits per heavy atom. The smallest absolute Gasteiger partial charge is 0.0991 e. The number of benzene rings is 1. The van der Waals surface area contributed by atoms with Crippen molar-refractivity contribution in [3.8, 4) is 6.07 Å². The van der Waals surface area contributed by atoms with E-state index in [0.717, 1.165) is 24.4 Å². The number of thioether (sulfide) groups is 1. The van der Waals surface area contributed by atoms with Crippen LogP contribution in [-0.2, 0) is 0 Å². The second kappa shape index (κ2) is 5.96. The van der Waals surface area contributed by atoms with Crippen LogP contribution < -0.4 is 0 Å². The Morgan fingerprint density at radius 3 is 2.68 bits per heavy atom. The molecule has 0 bridgehead atoms. The van der Waals surface area contributed by atoms with Gasteiger partial charge in [-0.2, -0.15) is 17.0 Å². The van der Waals surface area contributed by atoms with Crippen molar-refractivity contribution in [2.75, 3.05) is 25.4 Å². The molecule has 0 amide bonds. The van der Waals surface area contributed by atoms with Crippen LogP contribution in [0.3, 0.4) is 0 Å². The van der Waals surface area contributed by atoms with Crippen LogP contribution >= 0.6 is 11.8 Å². The largest absolute Gasteiger partial charge is 0.387 e. The fourth-order valence-corrected chi connectivity index (χ4v) is 3.58. The highest BCUT2D eigenvalue weighted by molar-refractivity contribution is 8.00. The first-order valence-electron chi connectivity index (χ1n) is 6.55. The molecule has 3 nitrogen and oxygen atoms in total. The summed E-state index contributed by atoms with van der Waals surface area (Å²) in [4.78, 5) is 2.32. The number of aliphatic hydroxyl groups excluding tert-OH is 1. The van der Waals surface area contributed by atoms with Gasteiger partial charge in [-0.25, -0.2) is 0 Å². The lowest BCUT2D eigenvalue weighted by Gasteiger charge is -2.38. The monoisotopic (exact) mass is 276 g/mol. The van der Waals surface area contributed by atoms with Crippen LogP contribution in [0.15, 0.2) is 24.3 Å². The van der Waals surface area contributed by atoms with Crippen molar-refractivity contribution in [2.24, 2.45) is 0 Å². The maximum Gasteiger partial charge on any atom is 0.0991 e. The van der Waals surface area contributed by atoms with E-state index in [4.69, 9.17) is 5.26 Å². The summed E-state index contributed by atoms with van der Waals surface area (Å²) in [6.07, 6.45) is -0.480. The molecule has 19 heavy (non-hydrogen) atoms. The number of β-amino-alcohol motifs (C(OH)–C–C–N with tert-alkyl or cyclic N) is 1. The van der Waals surface area contributed by atoms with Crippen LogP contribution in [0.5, 0.6) is 0 Å². The van der Waals surface area contributed by atoms with Crippen molar-refractivity contribution in [1.82, 2.24) is 4.90 Å². The van der Waals surface area contributed by atoms with Crippen molar-refractivity contribution in [2.45, 2.75) is 24.7 Å². The van der Waals surface area contributed by atoms with E-state index in [1.54, 1.807) is 12.1 Å². The second-order valence-corrected chi connectivity index (χ2v) is 7.39. The lowest BCUT2D eigenvalue weighted by atomic mass is 10.1. The summed E-state index contributed by atoms with van der Waals surface area (Å²) in [5, 5.41) is 19.0. The van der Waals surface area contributed by atoms with E-state index < -0.39 is 6.10 Å². The highest BCUT2D eigenvalue weighted by Gasteiger charge is 2.28. The first kappa shape index (κ1) is 14.4. The molecule has 1 saturated heterocycles. The molecule has 1 aromatic carbocycles. The number of hydrogen-bond donors (Lipinski definition) is 1. The minimum absolute atomic E-state index is 0.267. The third kappa shape index (κ3) is 3.97. The van der Waals surface area contributed by atoms with E-state index in [1.165, 1.54) is 0 Å². The van der Waals surface area contributed by atoms with E-state index in [9.17, 15) is 5.11 Å². The summed E-state index contributed by atoms with van der Waals surface area (Å²) in [6, 6.07) is 9.29. The lowest BCUT2D eigenvalue weighted by molar-refractivity contribution is 0.110. The molecule has 1 aliphatic rings. The van der Waals surface area contributed by atoms with Crippen molar-refractivity contribution in [1.29, 1.82) is 5.26 Å². The molecule has 102 valence electrons. The molecule has 0 aromatic heterocycles. The van der Waals surface area contributed by atoms with Gasteiger partial charge in [0.25, 0.3) is 0 Å². The van der Waals surface area contributed by atoms with Crippen molar-refractivity contribution in [3.05, 3.63) is 35.4 Å². The summed E-state index contributed by atoms with van der Waals surface area (Å²) in [7, 11) is 0. The quantitative estimate of drug-likeness (QED) is 0.921. The number of hydrogen-bond acceptors (Lipinski definition) is 4. The van der Waals surface area contributed by atoms with Crippen molar-refractivity contribution in [3.63, 3.8) is 0 Å². The predicted molar refractivity (Wildman–Crippen MR) is 79.1 cm³/mol. The summed E-state index contributed by atoms with van der Waals surface area (Å²) in [5.74, 6) is 1.12. The zero-order valence-corrected chi connectivity index (χ0v) is 12.3. The summed E-state index contributed by atoms with van der Waals surface area (Å²) in [6.45, 7) is 7.19. The Hall–Kier alpha value is -1.02. The Bertz CT molecular complexity index is 464. The van der Waals surface area contributed by atoms with E-state index >= 15 is 0 Å². The molecular weight excluding hydrogens is 256 g/mol. The summed E-state index contributed by atoms with van der Waals surface area (Å²) >= 11 is 1.99. The van der Waals surface area contributed by atoms with Crippen LogP contribution in [0, 0.1) is 11.3 Å². The molecule has 1 N–H and O–H groups in total. The standard InChI is InChI=1S/C15H20N2OS/c1-15(2)11-17(7-8-19-15)10-14(18)13-5-3-12(9-16)4-6-13/h3-6,14,18H,7-8,10-11H2,1-2H3. The van der Waals surface area contributed by atoms with E-state index in [2.05, 4.69) is 24.8 Å². The molecule has 1 heterocycles. The maximum absolute atomic E-state index is 10.3. The second-order valence-electron chi connectivity index (χ2n) is 5.59. The average Bonchev–Trinajstić information content (AvgIpc) is 2.37. The zero-order valence-electron chi connectivity index (χ0n) is 11.5. The van der Waals surface area contributed by atoms with E-state index in [0.29, 0.717) is 12.1 Å². The van der Waals surface area contributed by atoms with Gasteiger partial charge in [-0.3, -0.25) is 4.90 Å². The van der Waals surface area contributed by atoms with Crippen molar-refractivity contribution >= 4 is 11.8 Å². The minimum atomic E-state index is -0.480. The molecule has 1 unspecified atom stereocenters. The molecule has 1 fully saturated rings. The first-order chi connectivity index (χ1) is 9.00. The molecule has 0 aliphatic carbocycles. The highest BCUT2D eigenvalue weighted by Crippen LogP contribution is 2.30. The number of nitrogens with zero attached hydrogens (tertiary/aromatic N) is 2. The molecule has 2 rings (SSSR count). The molecule has 0 spiro atoms. The van der Waals surface area contributed by atoms with Gasteiger partial charge in [-0.1, -0.05) is 12.1 Å². The van der Waals surface area contributed by atoms with Gasteiger partial charge in [0, 0.05) is 30.1 Å². The third-order valence-corrected chi connectivity index (χ3v) is 4.66. The summed E-state index contributed by atoms with van der Waals surface area (Å²) in [5.41, 5.74) is 1.52. The molecule has 1 aromatic rings. The fourth-order valence-electron chi connectivity index (χ4n) is 2.40. The van der Waals surface area contributed by atoms with Gasteiger partial charge < -0.3 is 5.11 Å². The van der Waals surface area contributed by atoms with Gasteiger partial charge >= 0.3 is 0 Å². The van der Waals surface area contributed by atoms with Gasteiger partial charge in [0.2, 0.25) is 0 Å². The van der Waals surface area contributed by atoms with Crippen LogP contribution in [-0.4, -0.2) is 40.1 Å². The zero-order chi connectivity index (χ0) is 13.9. The molecular formula is C15H20N2OS. The van der Waals surface area contributed by atoms with Crippen LogP contribution in [0.4, 0.5) is 0 Å². The molecule has 1 atom stereocenters. The summed E-state index contributed by atoms with van der Waals surface area (Å²) < 4.78 is 0.267. The molecule has 1 aliphatic heterocycles. The minimum Gasteiger partial charge on any atom is -0.387 e. The normalized spacial score (nSPS) is 20.7. The third-order valence-electron chi connectivity index (χ3n) is 3.36. The van der Waals surface area contributed by atoms with Crippen LogP contribution in [0.1, 0.15) is 31.1 Å². The SMILES string of the molecule is CC1(C)CN(CC(O)c2ccc(C#N)cc2)CCS1. The van der Waals surface area contributed by atoms with Gasteiger partial charge in [0.1, 0.15) is 0 Å². The first-order valence-corrected chi connectivity index (χ1v) is 7.53. The number of nitriles is 1. The van der Waals surface area contributed by atoms with Gasteiger partial charge in [0.05, 0.1) is 17.7 Å². The average molecular weight is 276 g/mol. The Labute approximate surface area is 119 Å². The molecule has 0 saturated carbocycles. The van der Waals surface area contributed by atoms with Crippen LogP contribution in [0.25, 0.3) is 0 Å². The van der Waals surface area contributed by atoms with Crippen molar-refractivity contribution < 1.29 is 5.11 Å². The molecule has 4 heteroatoms. The number of rotatable bonds is 3. The molecule has 0 radical (unpaired) electrons. The van der Waals surface area contributed by atoms with E-state index in [1.807, 2.05) is 23.9 Å². The Kier molecular flexibility index (Phi) is 4.51. The maximum atomic E-state index is 10.3. The highest BCUT2D eigenvalue weighted by atomic mass is 32.2. The van der Waals surface area contributed by atoms with Gasteiger partial charge in [0.15, 0.2) is 0 Å². The number of aliphatic hydroxyl groups is 1. The topological polar surface area (TPSA) is 47.3 Å². The van der Waals surface area contributed by atoms with Gasteiger partial charge in [-0.15, -0.1) is 0 Å². The lowest BCUT2D eigenvalue weighted by Crippen LogP contribution is -2.44. The van der Waals surface area contributed by atoms with Gasteiger partial charge in [-0.05, 0) is 31.5 Å². The van der Waals surface area contributed by atoms with Crippen LogP contribution in [0.2, 0.25) is 0 Å².